The van der Waals surface area contributed by atoms with Gasteiger partial charge in [0, 0.05) is 6.04 Å². The lowest BCUT2D eigenvalue weighted by Gasteiger charge is -2.37. The molecule has 0 spiro atoms. The fraction of sp³-hybridized carbons (Fsp3) is 0.842. The summed E-state index contributed by atoms with van der Waals surface area (Å²) in [6.45, 7) is 6.62. The summed E-state index contributed by atoms with van der Waals surface area (Å²) in [7, 11) is -3.65. The van der Waals surface area contributed by atoms with Crippen LogP contribution in [0.5, 0.6) is 0 Å². The minimum absolute atomic E-state index is 0.0781. The molecular weight excluding hydrogens is 382 g/mol. The fourth-order valence-electron chi connectivity index (χ4n) is 4.56. The van der Waals surface area contributed by atoms with Gasteiger partial charge in [-0.25, -0.2) is 8.42 Å². The highest BCUT2D eigenvalue weighted by Crippen LogP contribution is 2.45. The van der Waals surface area contributed by atoms with Gasteiger partial charge in [0.2, 0.25) is 17.7 Å². The van der Waals surface area contributed by atoms with Crippen LogP contribution in [0, 0.1) is 5.92 Å². The van der Waals surface area contributed by atoms with Gasteiger partial charge in [-0.05, 0) is 32.6 Å². The van der Waals surface area contributed by atoms with Crippen LogP contribution in [0.15, 0.2) is 0 Å². The topological polar surface area (TPSA) is 113 Å². The van der Waals surface area contributed by atoms with E-state index in [1.54, 1.807) is 0 Å². The van der Waals surface area contributed by atoms with Crippen LogP contribution in [0.2, 0.25) is 0 Å². The number of β-lactam (4-membered cyclic amide) rings is 1. The molecule has 3 fully saturated rings. The quantitative estimate of drug-likeness (QED) is 0.645. The molecule has 2 saturated heterocycles. The highest BCUT2D eigenvalue weighted by molar-refractivity contribution is 7.93. The molecule has 0 aromatic rings. The van der Waals surface area contributed by atoms with Gasteiger partial charge in [0.25, 0.3) is 0 Å². The summed E-state index contributed by atoms with van der Waals surface area (Å²) in [5.74, 6) is -1.34. The number of amides is 3. The van der Waals surface area contributed by atoms with Gasteiger partial charge in [0.1, 0.15) is 17.5 Å². The molecule has 3 rings (SSSR count). The third-order valence-corrected chi connectivity index (χ3v) is 9.22. The molecule has 9 heteroatoms. The van der Waals surface area contributed by atoms with Crippen LogP contribution in [0.1, 0.15) is 66.2 Å². The summed E-state index contributed by atoms with van der Waals surface area (Å²) in [4.78, 5) is 39.0. The van der Waals surface area contributed by atoms with Gasteiger partial charge < -0.3 is 15.5 Å². The van der Waals surface area contributed by atoms with Crippen LogP contribution in [-0.4, -0.2) is 59.3 Å². The van der Waals surface area contributed by atoms with Crippen LogP contribution in [0.4, 0.5) is 0 Å². The average molecular weight is 414 g/mol. The second kappa shape index (κ2) is 7.31. The molecule has 3 amide bonds. The zero-order valence-electron chi connectivity index (χ0n) is 17.0. The van der Waals surface area contributed by atoms with E-state index in [0.29, 0.717) is 0 Å². The van der Waals surface area contributed by atoms with E-state index in [2.05, 4.69) is 10.6 Å². The number of rotatable bonds is 5. The van der Waals surface area contributed by atoms with Gasteiger partial charge in [-0.15, -0.1) is 0 Å². The molecule has 28 heavy (non-hydrogen) atoms. The number of hydrogen-bond donors (Lipinski definition) is 2. The lowest BCUT2D eigenvalue weighted by Crippen LogP contribution is -2.62. The fourth-order valence-corrected chi connectivity index (χ4v) is 6.69. The summed E-state index contributed by atoms with van der Waals surface area (Å²) >= 11 is 0. The number of hydrogen-bond acceptors (Lipinski definition) is 5. The third-order valence-electron chi connectivity index (χ3n) is 6.42. The zero-order chi connectivity index (χ0) is 20.9. The second-order valence-electron chi connectivity index (χ2n) is 9.08. The molecule has 0 aromatic carbocycles. The number of nitrogens with zero attached hydrogens (tertiary/aromatic N) is 1. The van der Waals surface area contributed by atoms with Crippen LogP contribution in [0.3, 0.4) is 0 Å². The number of carbonyl (C=O) groups excluding carboxylic acids is 3. The molecule has 0 radical (unpaired) electrons. The second-order valence-corrected chi connectivity index (χ2v) is 11.8. The van der Waals surface area contributed by atoms with Crippen molar-refractivity contribution in [3.8, 4) is 0 Å². The standard InChI is InChI=1S/C19H31N3O5S/c1-11(2)15(17(24)20-12-8-6-5-7-9-12)21-18(25)16-19(3,4)28(26,27)14-10-13(23)22(14)16/h11-12,14-16H,5-10H2,1-4H3,(H,20,24)(H,21,25). The smallest absolute Gasteiger partial charge is 0.245 e. The Bertz CT molecular complexity index is 770. The van der Waals surface area contributed by atoms with E-state index < -0.39 is 37.9 Å². The van der Waals surface area contributed by atoms with Gasteiger partial charge >= 0.3 is 0 Å². The molecule has 3 unspecified atom stereocenters. The minimum Gasteiger partial charge on any atom is -0.352 e. The first kappa shape index (κ1) is 21.1. The van der Waals surface area contributed by atoms with Crippen molar-refractivity contribution < 1.29 is 22.8 Å². The van der Waals surface area contributed by atoms with E-state index in [-0.39, 0.29) is 30.2 Å². The Labute approximate surface area is 166 Å². The molecular formula is C19H31N3O5S. The largest absolute Gasteiger partial charge is 0.352 e. The highest BCUT2D eigenvalue weighted by atomic mass is 32.2. The number of fused-ring (bicyclic) bond motifs is 1. The molecule has 1 saturated carbocycles. The van der Waals surface area contributed by atoms with Gasteiger partial charge in [0.05, 0.1) is 11.2 Å². The van der Waals surface area contributed by atoms with E-state index in [1.807, 2.05) is 13.8 Å². The van der Waals surface area contributed by atoms with Crippen molar-refractivity contribution in [2.24, 2.45) is 5.92 Å². The van der Waals surface area contributed by atoms with Crippen molar-refractivity contribution in [2.45, 2.75) is 94.5 Å². The molecule has 8 nitrogen and oxygen atoms in total. The van der Waals surface area contributed by atoms with Gasteiger partial charge in [-0.3, -0.25) is 14.4 Å². The lowest BCUT2D eigenvalue weighted by atomic mass is 9.93. The molecule has 0 bridgehead atoms. The number of sulfone groups is 1. The predicted molar refractivity (Wildman–Crippen MR) is 104 cm³/mol. The maximum absolute atomic E-state index is 13.0. The van der Waals surface area contributed by atoms with Crippen molar-refractivity contribution in [3.63, 3.8) is 0 Å². The first-order valence-corrected chi connectivity index (χ1v) is 11.7. The molecule has 0 aromatic heterocycles. The van der Waals surface area contributed by atoms with Crippen LogP contribution in [0.25, 0.3) is 0 Å². The molecule has 2 N–H and O–H groups in total. The summed E-state index contributed by atoms with van der Waals surface area (Å²) in [6, 6.07) is -1.78. The summed E-state index contributed by atoms with van der Waals surface area (Å²) in [5, 5.41) is 4.83. The van der Waals surface area contributed by atoms with Crippen molar-refractivity contribution in [1.82, 2.24) is 15.5 Å². The minimum atomic E-state index is -3.65. The maximum atomic E-state index is 13.0. The van der Waals surface area contributed by atoms with E-state index in [4.69, 9.17) is 0 Å². The number of nitrogens with one attached hydrogen (secondary N) is 2. The molecule has 3 aliphatic rings. The summed E-state index contributed by atoms with van der Waals surface area (Å²) in [6.07, 6.45) is 5.12. The Kier molecular flexibility index (Phi) is 5.51. The molecule has 158 valence electrons. The van der Waals surface area contributed by atoms with E-state index >= 15 is 0 Å². The molecule has 1 aliphatic carbocycles. The van der Waals surface area contributed by atoms with E-state index in [1.165, 1.54) is 25.2 Å². The van der Waals surface area contributed by atoms with Crippen LogP contribution < -0.4 is 10.6 Å². The Morgan fingerprint density at radius 3 is 2.29 bits per heavy atom. The van der Waals surface area contributed by atoms with Crippen molar-refractivity contribution in [2.75, 3.05) is 0 Å². The molecule has 2 heterocycles. The third kappa shape index (κ3) is 3.31. The van der Waals surface area contributed by atoms with E-state index in [0.717, 1.165) is 25.7 Å². The van der Waals surface area contributed by atoms with Crippen molar-refractivity contribution >= 4 is 27.6 Å². The van der Waals surface area contributed by atoms with Crippen LogP contribution >= 0.6 is 0 Å². The summed E-state index contributed by atoms with van der Waals surface area (Å²) in [5.41, 5.74) is 0. The van der Waals surface area contributed by atoms with Gasteiger partial charge in [-0.1, -0.05) is 33.1 Å². The Morgan fingerprint density at radius 1 is 1.14 bits per heavy atom. The Balaban J connectivity index is 1.75. The zero-order valence-corrected chi connectivity index (χ0v) is 17.8. The molecule has 2 aliphatic heterocycles. The van der Waals surface area contributed by atoms with Crippen LogP contribution in [-0.2, 0) is 24.2 Å². The van der Waals surface area contributed by atoms with Gasteiger partial charge in [-0.2, -0.15) is 0 Å². The summed E-state index contributed by atoms with van der Waals surface area (Å²) < 4.78 is 24.0. The Hall–Kier alpha value is -1.64. The normalized spacial score (nSPS) is 29.8. The number of carbonyl (C=O) groups is 3. The monoisotopic (exact) mass is 413 g/mol. The van der Waals surface area contributed by atoms with Crippen molar-refractivity contribution in [3.05, 3.63) is 0 Å². The lowest BCUT2D eigenvalue weighted by molar-refractivity contribution is -0.150. The average Bonchev–Trinajstić information content (AvgIpc) is 2.73. The molecule has 3 atom stereocenters. The van der Waals surface area contributed by atoms with E-state index in [9.17, 15) is 22.8 Å². The first-order valence-electron chi connectivity index (χ1n) is 10.1. The Morgan fingerprint density at radius 2 is 1.75 bits per heavy atom. The highest BCUT2D eigenvalue weighted by Gasteiger charge is 2.67. The van der Waals surface area contributed by atoms with Gasteiger partial charge in [0.15, 0.2) is 9.84 Å². The maximum Gasteiger partial charge on any atom is 0.245 e. The SMILES string of the molecule is CC(C)C(NC(=O)C1N2C(=O)CC2S(=O)(=O)C1(C)C)C(=O)NC1CCCCC1. The van der Waals surface area contributed by atoms with Crippen molar-refractivity contribution in [1.29, 1.82) is 0 Å². The first-order chi connectivity index (χ1) is 13.0. The predicted octanol–water partition coefficient (Wildman–Crippen LogP) is 0.710.